The Kier molecular flexibility index (Phi) is 3.24. The average molecular weight is 244 g/mol. The van der Waals surface area contributed by atoms with Crippen LogP contribution in [0.15, 0.2) is 18.3 Å². The Labute approximate surface area is 104 Å². The van der Waals surface area contributed by atoms with E-state index in [1.165, 1.54) is 7.11 Å². The van der Waals surface area contributed by atoms with Gasteiger partial charge in [0.15, 0.2) is 0 Å². The highest BCUT2D eigenvalue weighted by atomic mass is 16.5. The van der Waals surface area contributed by atoms with Crippen LogP contribution in [0.5, 0.6) is 0 Å². The van der Waals surface area contributed by atoms with E-state index in [1.54, 1.807) is 23.0 Å². The van der Waals surface area contributed by atoms with Crippen LogP contribution in [-0.4, -0.2) is 27.8 Å². The summed E-state index contributed by atoms with van der Waals surface area (Å²) in [6.07, 6.45) is 1.58. The summed E-state index contributed by atoms with van der Waals surface area (Å²) in [5.41, 5.74) is 1.66. The number of ether oxygens (including phenoxy) is 1. The lowest BCUT2D eigenvalue weighted by Crippen LogP contribution is -2.07. The summed E-state index contributed by atoms with van der Waals surface area (Å²) in [7, 11) is 1.31. The van der Waals surface area contributed by atoms with Crippen molar-refractivity contribution in [3.8, 4) is 6.07 Å². The summed E-state index contributed by atoms with van der Waals surface area (Å²) >= 11 is 0. The zero-order valence-electron chi connectivity index (χ0n) is 10.1. The number of hydrogen-bond donors (Lipinski definition) is 0. The molecule has 2 aromatic heterocycles. The Hall–Kier alpha value is -2.42. The second-order valence-electron chi connectivity index (χ2n) is 3.95. The summed E-state index contributed by atoms with van der Waals surface area (Å²) in [4.78, 5) is 15.5. The first-order valence-corrected chi connectivity index (χ1v) is 5.46. The van der Waals surface area contributed by atoms with Crippen LogP contribution >= 0.6 is 0 Å². The second-order valence-corrected chi connectivity index (χ2v) is 3.95. The number of rotatable bonds is 3. The fourth-order valence-corrected chi connectivity index (χ4v) is 1.63. The van der Waals surface area contributed by atoms with Crippen molar-refractivity contribution in [2.75, 3.05) is 7.11 Å². The fourth-order valence-electron chi connectivity index (χ4n) is 1.63. The summed E-state index contributed by atoms with van der Waals surface area (Å²) in [5, 5.41) is 12.9. The van der Waals surface area contributed by atoms with Crippen molar-refractivity contribution in [3.05, 3.63) is 24.0 Å². The van der Waals surface area contributed by atoms with Gasteiger partial charge in [-0.15, -0.1) is 0 Å². The van der Waals surface area contributed by atoms with Gasteiger partial charge in [-0.25, -0.2) is 9.78 Å². The van der Waals surface area contributed by atoms with Crippen molar-refractivity contribution >= 4 is 17.0 Å². The van der Waals surface area contributed by atoms with E-state index in [4.69, 9.17) is 5.26 Å². The molecule has 0 aliphatic heterocycles. The summed E-state index contributed by atoms with van der Waals surface area (Å²) in [6, 6.07) is 5.49. The van der Waals surface area contributed by atoms with Crippen LogP contribution in [0.3, 0.4) is 0 Å². The zero-order valence-corrected chi connectivity index (χ0v) is 10.1. The molecule has 0 aromatic carbocycles. The number of nitrogens with zero attached hydrogens (tertiary/aromatic N) is 4. The molecule has 6 heteroatoms. The molecule has 0 bridgehead atoms. The molecule has 1 unspecified atom stereocenters. The van der Waals surface area contributed by atoms with E-state index < -0.39 is 5.97 Å². The third kappa shape index (κ3) is 2.15. The Morgan fingerprint density at radius 3 is 3.06 bits per heavy atom. The summed E-state index contributed by atoms with van der Waals surface area (Å²) < 4.78 is 6.31. The van der Waals surface area contributed by atoms with Gasteiger partial charge in [0.1, 0.15) is 11.2 Å². The fraction of sp³-hybridized carbons (Fsp3) is 0.333. The first-order chi connectivity index (χ1) is 8.65. The number of methoxy groups -OCH3 is 1. The summed E-state index contributed by atoms with van der Waals surface area (Å²) in [5.74, 6) is -0.608. The number of fused-ring (bicyclic) bond motifs is 1. The highest BCUT2D eigenvalue weighted by molar-refractivity contribution is 5.90. The zero-order chi connectivity index (χ0) is 13.1. The maximum Gasteiger partial charge on any atom is 0.356 e. The molecule has 0 radical (unpaired) electrons. The van der Waals surface area contributed by atoms with E-state index in [0.717, 1.165) is 5.52 Å². The molecule has 6 nitrogen and oxygen atoms in total. The smallest absolute Gasteiger partial charge is 0.356 e. The minimum absolute atomic E-state index is 0.131. The van der Waals surface area contributed by atoms with Crippen LogP contribution in [-0.2, 0) is 11.3 Å². The van der Waals surface area contributed by atoms with E-state index in [9.17, 15) is 4.79 Å². The van der Waals surface area contributed by atoms with Crippen LogP contribution in [0, 0.1) is 17.2 Å². The van der Waals surface area contributed by atoms with Crippen molar-refractivity contribution in [2.24, 2.45) is 5.92 Å². The van der Waals surface area contributed by atoms with Crippen molar-refractivity contribution in [2.45, 2.75) is 13.5 Å². The number of aromatic nitrogens is 3. The Bertz CT molecular complexity index is 627. The third-order valence-corrected chi connectivity index (χ3v) is 2.56. The van der Waals surface area contributed by atoms with E-state index in [0.29, 0.717) is 12.1 Å². The van der Waals surface area contributed by atoms with E-state index in [-0.39, 0.29) is 11.6 Å². The first-order valence-electron chi connectivity index (χ1n) is 5.46. The van der Waals surface area contributed by atoms with Gasteiger partial charge in [-0.2, -0.15) is 10.4 Å². The number of nitriles is 1. The highest BCUT2D eigenvalue weighted by Gasteiger charge is 2.11. The predicted octanol–water partition coefficient (Wildman–Crippen LogP) is 1.38. The molecule has 0 saturated carbocycles. The number of carbonyl (C=O) groups excluding carboxylic acids is 1. The number of carbonyl (C=O) groups is 1. The van der Waals surface area contributed by atoms with Crippen LogP contribution in [0.2, 0.25) is 0 Å². The lowest BCUT2D eigenvalue weighted by molar-refractivity contribution is 0.0594. The SMILES string of the molecule is COC(=O)c1ccc2c(cnn2CC(C)C#N)n1. The molecule has 0 saturated heterocycles. The van der Waals surface area contributed by atoms with Crippen LogP contribution < -0.4 is 0 Å². The molecule has 0 aliphatic rings. The Morgan fingerprint density at radius 2 is 2.39 bits per heavy atom. The average Bonchev–Trinajstić information content (AvgIpc) is 2.80. The molecule has 0 aliphatic carbocycles. The third-order valence-electron chi connectivity index (χ3n) is 2.56. The molecule has 2 heterocycles. The summed E-state index contributed by atoms with van der Waals surface area (Å²) in [6.45, 7) is 2.32. The topological polar surface area (TPSA) is 80.8 Å². The minimum Gasteiger partial charge on any atom is -0.464 e. The van der Waals surface area contributed by atoms with Crippen molar-refractivity contribution in [1.29, 1.82) is 5.26 Å². The van der Waals surface area contributed by atoms with Gasteiger partial charge in [0.25, 0.3) is 0 Å². The molecule has 0 amide bonds. The number of esters is 1. The standard InChI is InChI=1S/C12H12N4O2/c1-8(5-13)7-16-11-4-3-9(12(17)18-2)15-10(11)6-14-16/h3-4,6,8H,7H2,1-2H3. The van der Waals surface area contributed by atoms with E-state index in [1.807, 2.05) is 6.92 Å². The predicted molar refractivity (Wildman–Crippen MR) is 63.6 cm³/mol. The molecule has 0 N–H and O–H groups in total. The van der Waals surface area contributed by atoms with Gasteiger partial charge < -0.3 is 4.74 Å². The normalized spacial score (nSPS) is 12.1. The molecule has 0 spiro atoms. The second kappa shape index (κ2) is 4.84. The maximum absolute atomic E-state index is 11.3. The number of pyridine rings is 1. The lowest BCUT2D eigenvalue weighted by Gasteiger charge is -2.04. The van der Waals surface area contributed by atoms with E-state index in [2.05, 4.69) is 20.9 Å². The van der Waals surface area contributed by atoms with Gasteiger partial charge in [0, 0.05) is 0 Å². The van der Waals surface area contributed by atoms with Crippen molar-refractivity contribution in [1.82, 2.24) is 14.8 Å². The molecule has 0 fully saturated rings. The largest absolute Gasteiger partial charge is 0.464 e. The van der Waals surface area contributed by atoms with Gasteiger partial charge in [0.2, 0.25) is 0 Å². The van der Waals surface area contributed by atoms with Crippen LogP contribution in [0.25, 0.3) is 11.0 Å². The van der Waals surface area contributed by atoms with E-state index >= 15 is 0 Å². The van der Waals surface area contributed by atoms with Gasteiger partial charge in [-0.1, -0.05) is 0 Å². The quantitative estimate of drug-likeness (QED) is 0.762. The van der Waals surface area contributed by atoms with Crippen molar-refractivity contribution in [3.63, 3.8) is 0 Å². The van der Waals surface area contributed by atoms with Crippen molar-refractivity contribution < 1.29 is 9.53 Å². The Balaban J connectivity index is 2.38. The van der Waals surface area contributed by atoms with Gasteiger partial charge in [-0.3, -0.25) is 4.68 Å². The minimum atomic E-state index is -0.477. The molecular weight excluding hydrogens is 232 g/mol. The molecule has 2 rings (SSSR count). The highest BCUT2D eigenvalue weighted by Crippen LogP contribution is 2.14. The molecule has 1 atom stereocenters. The molecule has 18 heavy (non-hydrogen) atoms. The monoisotopic (exact) mass is 244 g/mol. The molecule has 2 aromatic rings. The van der Waals surface area contributed by atoms with Crippen LogP contribution in [0.4, 0.5) is 0 Å². The lowest BCUT2D eigenvalue weighted by atomic mass is 10.2. The van der Waals surface area contributed by atoms with Gasteiger partial charge in [0.05, 0.1) is 37.4 Å². The maximum atomic E-state index is 11.3. The Morgan fingerprint density at radius 1 is 1.61 bits per heavy atom. The molecular formula is C12H12N4O2. The first kappa shape index (κ1) is 12.0. The van der Waals surface area contributed by atoms with Crippen LogP contribution in [0.1, 0.15) is 17.4 Å². The number of hydrogen-bond acceptors (Lipinski definition) is 5. The van der Waals surface area contributed by atoms with Gasteiger partial charge >= 0.3 is 5.97 Å². The van der Waals surface area contributed by atoms with Gasteiger partial charge in [-0.05, 0) is 19.1 Å². The molecule has 92 valence electrons.